The number of fused-ring (bicyclic) bond motifs is 2. The van der Waals surface area contributed by atoms with E-state index in [1.165, 1.54) is 34.4 Å². The van der Waals surface area contributed by atoms with Crippen molar-refractivity contribution in [2.45, 2.75) is 67.6 Å². The van der Waals surface area contributed by atoms with E-state index in [2.05, 4.69) is 39.0 Å². The van der Waals surface area contributed by atoms with E-state index in [0.717, 1.165) is 31.4 Å². The molecule has 1 saturated carbocycles. The number of hydrogen-bond donors (Lipinski definition) is 4. The molecule has 4 unspecified atom stereocenters. The van der Waals surface area contributed by atoms with Crippen molar-refractivity contribution in [1.29, 1.82) is 4.78 Å². The average Bonchev–Trinajstić information content (AvgIpc) is 3.03. The number of alkyl halides is 3. The van der Waals surface area contributed by atoms with Gasteiger partial charge >= 0.3 is 6.36 Å². The van der Waals surface area contributed by atoms with Crippen LogP contribution in [0.4, 0.5) is 13.2 Å². The number of rotatable bonds is 6. The van der Waals surface area contributed by atoms with Crippen LogP contribution in [0.2, 0.25) is 0 Å². The highest BCUT2D eigenvalue weighted by molar-refractivity contribution is 7.90. The first-order valence-corrected chi connectivity index (χ1v) is 14.2. The van der Waals surface area contributed by atoms with Crippen LogP contribution < -0.4 is 14.8 Å². The third-order valence-corrected chi connectivity index (χ3v) is 8.91. The molecule has 0 amide bonds. The quantitative estimate of drug-likeness (QED) is 0.340. The Hall–Kier alpha value is -2.92. The molecule has 0 aromatic heterocycles. The first-order chi connectivity index (χ1) is 18.1. The van der Waals surface area contributed by atoms with Crippen LogP contribution in [0.5, 0.6) is 5.75 Å². The Bertz CT molecular complexity index is 1330. The molecule has 1 fully saturated rings. The molecule has 2 aliphatic rings. The molecule has 4 N–H and O–H groups in total. The highest BCUT2D eigenvalue weighted by atomic mass is 32.2. The lowest BCUT2D eigenvalue weighted by atomic mass is 9.86. The van der Waals surface area contributed by atoms with Gasteiger partial charge < -0.3 is 15.2 Å². The molecule has 0 spiro atoms. The summed E-state index contributed by atoms with van der Waals surface area (Å²) in [6.07, 6.45) is -1.94. The SMILES string of the molecule is N=S(=O)(NC1CCCC(NC2c3ccccc3CCc3ccccc32)C1O)c1ccc(OC(F)(F)F)cc1. The van der Waals surface area contributed by atoms with Gasteiger partial charge in [-0.15, -0.1) is 13.2 Å². The van der Waals surface area contributed by atoms with Gasteiger partial charge in [0.05, 0.1) is 17.0 Å². The van der Waals surface area contributed by atoms with Gasteiger partial charge in [0.25, 0.3) is 0 Å². The number of aliphatic hydroxyl groups is 1. The third kappa shape index (κ3) is 5.88. The summed E-state index contributed by atoms with van der Waals surface area (Å²) in [5.41, 5.74) is 4.86. The van der Waals surface area contributed by atoms with Gasteiger partial charge in [0.2, 0.25) is 0 Å². The first kappa shape index (κ1) is 26.7. The fraction of sp³-hybridized carbons (Fsp3) is 0.357. The monoisotopic (exact) mass is 545 g/mol. The van der Waals surface area contributed by atoms with E-state index in [-0.39, 0.29) is 17.0 Å². The van der Waals surface area contributed by atoms with Gasteiger partial charge in [-0.3, -0.25) is 0 Å². The Labute approximate surface area is 220 Å². The summed E-state index contributed by atoms with van der Waals surface area (Å²) in [6.45, 7) is 0. The average molecular weight is 546 g/mol. The summed E-state index contributed by atoms with van der Waals surface area (Å²) >= 11 is 0. The number of aliphatic hydroxyl groups excluding tert-OH is 1. The molecule has 3 aromatic rings. The minimum absolute atomic E-state index is 0.0147. The van der Waals surface area contributed by atoms with E-state index < -0.39 is 34.2 Å². The fourth-order valence-electron chi connectivity index (χ4n) is 5.52. The second-order valence-electron chi connectivity index (χ2n) is 9.83. The Morgan fingerprint density at radius 3 is 2.00 bits per heavy atom. The van der Waals surface area contributed by atoms with Crippen LogP contribution in [-0.4, -0.2) is 33.9 Å². The Kier molecular flexibility index (Phi) is 7.50. The van der Waals surface area contributed by atoms with Crippen LogP contribution in [0.15, 0.2) is 77.7 Å². The van der Waals surface area contributed by atoms with E-state index in [9.17, 15) is 22.5 Å². The van der Waals surface area contributed by atoms with Crippen LogP contribution in [0.3, 0.4) is 0 Å². The molecular formula is C28H30F3N3O3S. The maximum absolute atomic E-state index is 13.2. The van der Waals surface area contributed by atoms with E-state index in [0.29, 0.717) is 12.8 Å². The summed E-state index contributed by atoms with van der Waals surface area (Å²) in [7, 11) is -3.59. The zero-order valence-electron chi connectivity index (χ0n) is 20.6. The van der Waals surface area contributed by atoms with Gasteiger partial charge in [0.15, 0.2) is 0 Å². The van der Waals surface area contributed by atoms with Crippen molar-refractivity contribution < 1.29 is 27.2 Å². The van der Waals surface area contributed by atoms with Crippen LogP contribution in [0.25, 0.3) is 0 Å². The number of aryl methyl sites for hydroxylation is 2. The predicted molar refractivity (Wildman–Crippen MR) is 138 cm³/mol. The molecule has 0 saturated heterocycles. The lowest BCUT2D eigenvalue weighted by Gasteiger charge is -2.38. The second kappa shape index (κ2) is 10.7. The van der Waals surface area contributed by atoms with Crippen molar-refractivity contribution in [2.75, 3.05) is 0 Å². The van der Waals surface area contributed by atoms with Crippen molar-refractivity contribution in [2.24, 2.45) is 0 Å². The lowest BCUT2D eigenvalue weighted by molar-refractivity contribution is -0.274. The van der Waals surface area contributed by atoms with E-state index >= 15 is 0 Å². The van der Waals surface area contributed by atoms with Crippen molar-refractivity contribution in [1.82, 2.24) is 10.0 Å². The van der Waals surface area contributed by atoms with Crippen LogP contribution in [-0.2, 0) is 22.8 Å². The molecular weight excluding hydrogens is 515 g/mol. The normalized spacial score (nSPS) is 23.5. The van der Waals surface area contributed by atoms with Gasteiger partial charge in [-0.25, -0.2) is 13.7 Å². The standard InChI is InChI=1S/C28H30F3N3O3S/c29-28(30,31)37-20-14-16-21(17-15-20)38(32,36)34-25-11-5-10-24(27(25)35)33-26-22-8-3-1-6-18(22)12-13-19-7-2-4-9-23(19)26/h1-4,6-9,14-17,24-27,33,35H,5,10-13H2,(H2,32,34,36). The minimum Gasteiger partial charge on any atom is -0.406 e. The molecule has 0 aliphatic heterocycles. The summed E-state index contributed by atoms with van der Waals surface area (Å²) in [6, 6.07) is 19.9. The summed E-state index contributed by atoms with van der Waals surface area (Å²) in [5.74, 6) is -0.456. The zero-order chi connectivity index (χ0) is 26.9. The van der Waals surface area contributed by atoms with Crippen LogP contribution in [0, 0.1) is 4.78 Å². The van der Waals surface area contributed by atoms with Gasteiger partial charge in [0, 0.05) is 12.1 Å². The molecule has 0 radical (unpaired) electrons. The summed E-state index contributed by atoms with van der Waals surface area (Å²) in [4.78, 5) is 0.0147. The van der Waals surface area contributed by atoms with Crippen molar-refractivity contribution in [3.05, 3.63) is 95.1 Å². The molecule has 10 heteroatoms. The predicted octanol–water partition coefficient (Wildman–Crippen LogP) is 5.26. The molecule has 0 bridgehead atoms. The van der Waals surface area contributed by atoms with Crippen molar-refractivity contribution >= 4 is 9.92 Å². The van der Waals surface area contributed by atoms with Crippen molar-refractivity contribution in [3.8, 4) is 5.75 Å². The summed E-state index contributed by atoms with van der Waals surface area (Å²) in [5, 5.41) is 15.0. The Morgan fingerprint density at radius 2 is 1.42 bits per heavy atom. The second-order valence-corrected chi connectivity index (χ2v) is 11.6. The summed E-state index contributed by atoms with van der Waals surface area (Å²) < 4.78 is 65.7. The maximum Gasteiger partial charge on any atom is 0.573 e. The highest BCUT2D eigenvalue weighted by Crippen LogP contribution is 2.34. The highest BCUT2D eigenvalue weighted by Gasteiger charge is 2.36. The molecule has 5 rings (SSSR count). The van der Waals surface area contributed by atoms with E-state index in [1.807, 2.05) is 24.3 Å². The number of halogens is 3. The molecule has 6 nitrogen and oxygen atoms in total. The van der Waals surface area contributed by atoms with Crippen LogP contribution in [0.1, 0.15) is 47.6 Å². The van der Waals surface area contributed by atoms with Crippen molar-refractivity contribution in [3.63, 3.8) is 0 Å². The zero-order valence-corrected chi connectivity index (χ0v) is 21.4. The largest absolute Gasteiger partial charge is 0.573 e. The van der Waals surface area contributed by atoms with Gasteiger partial charge in [-0.05, 0) is 72.2 Å². The number of hydrogen-bond acceptors (Lipinski definition) is 5. The third-order valence-electron chi connectivity index (χ3n) is 7.34. The molecule has 3 aromatic carbocycles. The van der Waals surface area contributed by atoms with Gasteiger partial charge in [0.1, 0.15) is 15.7 Å². The van der Waals surface area contributed by atoms with Crippen LogP contribution >= 0.6 is 0 Å². The molecule has 0 heterocycles. The lowest BCUT2D eigenvalue weighted by Crippen LogP contribution is -2.55. The number of benzene rings is 3. The number of nitrogens with one attached hydrogen (secondary N) is 3. The molecule has 2 aliphatic carbocycles. The molecule has 38 heavy (non-hydrogen) atoms. The maximum atomic E-state index is 13.2. The van der Waals surface area contributed by atoms with E-state index in [1.54, 1.807) is 0 Å². The Balaban J connectivity index is 1.34. The van der Waals surface area contributed by atoms with E-state index in [4.69, 9.17) is 4.78 Å². The topological polar surface area (TPSA) is 94.4 Å². The smallest absolute Gasteiger partial charge is 0.406 e. The molecule has 202 valence electrons. The Morgan fingerprint density at radius 1 is 0.868 bits per heavy atom. The van der Waals surface area contributed by atoms with Gasteiger partial charge in [-0.2, -0.15) is 0 Å². The van der Waals surface area contributed by atoms with Gasteiger partial charge in [-0.1, -0.05) is 55.0 Å². The molecule has 4 atom stereocenters. The fourth-order valence-corrected chi connectivity index (χ4v) is 6.86. The minimum atomic E-state index is -4.84. The first-order valence-electron chi connectivity index (χ1n) is 12.6. The number of ether oxygens (including phenoxy) is 1.